The Morgan fingerprint density at radius 1 is 0.810 bits per heavy atom. The van der Waals surface area contributed by atoms with Crippen molar-refractivity contribution in [3.05, 3.63) is 38.0 Å². The summed E-state index contributed by atoms with van der Waals surface area (Å²) in [7, 11) is 0. The molecule has 0 aliphatic carbocycles. The third-order valence-electron chi connectivity index (χ3n) is 2.77. The van der Waals surface area contributed by atoms with Gasteiger partial charge in [0.15, 0.2) is 0 Å². The first-order chi connectivity index (χ1) is 10.0. The molecule has 0 bridgehead atoms. The molecule has 0 unspecified atom stereocenters. The molecule has 0 atom stereocenters. The lowest BCUT2D eigenvalue weighted by molar-refractivity contribution is -0.117. The maximum atomic E-state index is 11.2. The van der Waals surface area contributed by atoms with E-state index >= 15 is 0 Å². The van der Waals surface area contributed by atoms with Crippen molar-refractivity contribution in [2.75, 3.05) is 19.6 Å². The van der Waals surface area contributed by atoms with E-state index in [-0.39, 0.29) is 23.6 Å². The van der Waals surface area contributed by atoms with Crippen LogP contribution in [0, 0.1) is 5.92 Å². The number of hydrogen-bond acceptors (Lipinski definition) is 3. The molecule has 0 aromatic heterocycles. The minimum absolute atomic E-state index is 0.0680. The molecule has 0 radical (unpaired) electrons. The summed E-state index contributed by atoms with van der Waals surface area (Å²) in [6.45, 7) is 11.5. The second kappa shape index (κ2) is 11.5. The topological polar surface area (TPSA) is 87.3 Å². The molecule has 6 nitrogen and oxygen atoms in total. The molecular weight excluding hydrogens is 270 g/mol. The van der Waals surface area contributed by atoms with Crippen LogP contribution in [0.1, 0.15) is 12.8 Å². The van der Waals surface area contributed by atoms with Crippen molar-refractivity contribution in [1.82, 2.24) is 16.0 Å². The zero-order chi connectivity index (χ0) is 16.1. The molecule has 6 heteroatoms. The number of hydrogen-bond donors (Lipinski definition) is 3. The normalized spacial score (nSPS) is 9.57. The zero-order valence-electron chi connectivity index (χ0n) is 12.2. The Kier molecular flexibility index (Phi) is 10.2. The van der Waals surface area contributed by atoms with Gasteiger partial charge in [-0.05, 0) is 37.0 Å². The largest absolute Gasteiger partial charge is 0.353 e. The van der Waals surface area contributed by atoms with Gasteiger partial charge in [-0.25, -0.2) is 0 Å². The zero-order valence-corrected chi connectivity index (χ0v) is 12.2. The highest BCUT2D eigenvalue weighted by molar-refractivity contribution is 5.87. The first-order valence-corrected chi connectivity index (χ1v) is 6.74. The van der Waals surface area contributed by atoms with Gasteiger partial charge in [-0.2, -0.15) is 0 Å². The summed E-state index contributed by atoms with van der Waals surface area (Å²) >= 11 is 0. The van der Waals surface area contributed by atoms with E-state index in [9.17, 15) is 14.4 Å². The quantitative estimate of drug-likeness (QED) is 0.378. The van der Waals surface area contributed by atoms with Gasteiger partial charge < -0.3 is 16.0 Å². The van der Waals surface area contributed by atoms with Crippen LogP contribution in [-0.4, -0.2) is 37.4 Å². The highest BCUT2D eigenvalue weighted by atomic mass is 16.2. The second-order valence-corrected chi connectivity index (χ2v) is 4.40. The van der Waals surface area contributed by atoms with Gasteiger partial charge in [0.2, 0.25) is 17.7 Å². The number of carbonyl (C=O) groups excluding carboxylic acids is 3. The number of carbonyl (C=O) groups is 3. The number of nitrogens with one attached hydrogen (secondary N) is 3. The molecule has 0 aromatic carbocycles. The third-order valence-corrected chi connectivity index (χ3v) is 2.77. The predicted octanol–water partition coefficient (Wildman–Crippen LogP) is 0.289. The second-order valence-electron chi connectivity index (χ2n) is 4.40. The Balaban J connectivity index is 4.16. The van der Waals surface area contributed by atoms with E-state index in [0.717, 1.165) is 12.8 Å². The summed E-state index contributed by atoms with van der Waals surface area (Å²) in [5.74, 6) is -0.657. The Bertz CT molecular complexity index is 381. The Morgan fingerprint density at radius 2 is 1.24 bits per heavy atom. The average molecular weight is 293 g/mol. The molecule has 0 saturated heterocycles. The summed E-state index contributed by atoms with van der Waals surface area (Å²) in [6.07, 6.45) is 5.09. The van der Waals surface area contributed by atoms with Gasteiger partial charge in [0.05, 0.1) is 0 Å². The highest BCUT2D eigenvalue weighted by Gasteiger charge is 2.10. The summed E-state index contributed by atoms with van der Waals surface area (Å²) in [5, 5.41) is 8.07. The molecule has 0 fully saturated rings. The fraction of sp³-hybridized carbons (Fsp3) is 0.400. The van der Waals surface area contributed by atoms with E-state index in [0.29, 0.717) is 19.6 Å². The van der Waals surface area contributed by atoms with E-state index in [2.05, 4.69) is 35.7 Å². The van der Waals surface area contributed by atoms with Gasteiger partial charge in [0.25, 0.3) is 0 Å². The lowest BCUT2D eigenvalue weighted by atomic mass is 10.0. The molecule has 3 N–H and O–H groups in total. The highest BCUT2D eigenvalue weighted by Crippen LogP contribution is 2.04. The van der Waals surface area contributed by atoms with E-state index in [1.807, 2.05) is 0 Å². The van der Waals surface area contributed by atoms with Crippen molar-refractivity contribution in [1.29, 1.82) is 0 Å². The van der Waals surface area contributed by atoms with E-state index in [1.165, 1.54) is 18.2 Å². The molecule has 0 rings (SSSR count). The maximum Gasteiger partial charge on any atom is 0.243 e. The standard InChI is InChI=1S/C15H23N3O3/c1-4-13(19)16-9-7-8-12(10-17-14(20)5-2)11-18-15(21)6-3/h4-6,12H,1-3,7-11H2,(H,16,19)(H,17,20)(H,18,21). The minimum atomic E-state index is -0.255. The summed E-state index contributed by atoms with van der Waals surface area (Å²) in [6, 6.07) is 0. The van der Waals surface area contributed by atoms with Crippen molar-refractivity contribution in [3.8, 4) is 0 Å². The van der Waals surface area contributed by atoms with Crippen LogP contribution >= 0.6 is 0 Å². The van der Waals surface area contributed by atoms with Gasteiger partial charge >= 0.3 is 0 Å². The Labute approximate surface area is 125 Å². The molecule has 0 saturated carbocycles. The smallest absolute Gasteiger partial charge is 0.243 e. The first-order valence-electron chi connectivity index (χ1n) is 6.74. The van der Waals surface area contributed by atoms with Crippen molar-refractivity contribution < 1.29 is 14.4 Å². The summed E-state index contributed by atoms with van der Waals surface area (Å²) < 4.78 is 0. The van der Waals surface area contributed by atoms with E-state index < -0.39 is 0 Å². The molecule has 0 aliphatic rings. The van der Waals surface area contributed by atoms with Gasteiger partial charge in [-0.15, -0.1) is 0 Å². The van der Waals surface area contributed by atoms with Crippen LogP contribution in [0.4, 0.5) is 0 Å². The molecule has 116 valence electrons. The van der Waals surface area contributed by atoms with Crippen molar-refractivity contribution in [2.24, 2.45) is 5.92 Å². The Hall–Kier alpha value is -2.37. The van der Waals surface area contributed by atoms with Crippen LogP contribution in [0.5, 0.6) is 0 Å². The van der Waals surface area contributed by atoms with E-state index in [1.54, 1.807) is 0 Å². The minimum Gasteiger partial charge on any atom is -0.353 e. The summed E-state index contributed by atoms with van der Waals surface area (Å²) in [5.41, 5.74) is 0. The van der Waals surface area contributed by atoms with E-state index in [4.69, 9.17) is 0 Å². The lowest BCUT2D eigenvalue weighted by Crippen LogP contribution is -2.36. The van der Waals surface area contributed by atoms with Crippen molar-refractivity contribution in [3.63, 3.8) is 0 Å². The SMILES string of the molecule is C=CC(=O)NCCCC(CNC(=O)C=C)CNC(=O)C=C. The molecule has 0 heterocycles. The van der Waals surface area contributed by atoms with Crippen LogP contribution in [0.15, 0.2) is 38.0 Å². The molecule has 0 spiro atoms. The van der Waals surface area contributed by atoms with Crippen LogP contribution in [0.25, 0.3) is 0 Å². The van der Waals surface area contributed by atoms with Gasteiger partial charge in [0.1, 0.15) is 0 Å². The van der Waals surface area contributed by atoms with Crippen LogP contribution in [-0.2, 0) is 14.4 Å². The predicted molar refractivity (Wildman–Crippen MR) is 82.3 cm³/mol. The van der Waals surface area contributed by atoms with Crippen LogP contribution in [0.3, 0.4) is 0 Å². The monoisotopic (exact) mass is 293 g/mol. The average Bonchev–Trinajstić information content (AvgIpc) is 2.51. The van der Waals surface area contributed by atoms with Gasteiger partial charge in [-0.1, -0.05) is 19.7 Å². The van der Waals surface area contributed by atoms with Crippen molar-refractivity contribution >= 4 is 17.7 Å². The lowest BCUT2D eigenvalue weighted by Gasteiger charge is -2.17. The number of amides is 3. The Morgan fingerprint density at radius 3 is 1.67 bits per heavy atom. The third kappa shape index (κ3) is 10.1. The fourth-order valence-electron chi connectivity index (χ4n) is 1.58. The number of rotatable bonds is 11. The molecule has 0 aliphatic heterocycles. The molecule has 3 amide bonds. The molecule has 0 aromatic rings. The molecule has 21 heavy (non-hydrogen) atoms. The van der Waals surface area contributed by atoms with Crippen molar-refractivity contribution in [2.45, 2.75) is 12.8 Å². The van der Waals surface area contributed by atoms with Crippen LogP contribution in [0.2, 0.25) is 0 Å². The van der Waals surface area contributed by atoms with Gasteiger partial charge in [-0.3, -0.25) is 14.4 Å². The van der Waals surface area contributed by atoms with Gasteiger partial charge in [0, 0.05) is 19.6 Å². The van der Waals surface area contributed by atoms with Crippen LogP contribution < -0.4 is 16.0 Å². The fourth-order valence-corrected chi connectivity index (χ4v) is 1.58. The molecular formula is C15H23N3O3. The maximum absolute atomic E-state index is 11.2. The first kappa shape index (κ1) is 18.6. The summed E-state index contributed by atoms with van der Waals surface area (Å²) in [4.78, 5) is 33.3.